The van der Waals surface area contributed by atoms with E-state index in [1.165, 1.54) is 18.1 Å². The largest absolute Gasteiger partial charge is 0.394 e. The van der Waals surface area contributed by atoms with Gasteiger partial charge < -0.3 is 11.1 Å². The second-order valence-electron chi connectivity index (χ2n) is 4.61. The lowest BCUT2D eigenvalue weighted by atomic mass is 10.3. The molecular weight excluding hydrogens is 351 g/mol. The van der Waals surface area contributed by atoms with Crippen LogP contribution in [0.3, 0.4) is 0 Å². The molecule has 3 N–H and O–H groups in total. The highest BCUT2D eigenvalue weighted by molar-refractivity contribution is 7.99. The van der Waals surface area contributed by atoms with E-state index in [9.17, 15) is 0 Å². The number of benzene rings is 2. The summed E-state index contributed by atoms with van der Waals surface area (Å²) < 4.78 is 0. The van der Waals surface area contributed by atoms with Crippen molar-refractivity contribution in [3.63, 3.8) is 0 Å². The molecule has 0 atom stereocenters. The molecule has 0 aliphatic carbocycles. The van der Waals surface area contributed by atoms with E-state index in [-0.39, 0.29) is 0 Å². The number of nitrogen functional groups attached to an aromatic ring is 1. The Morgan fingerprint density at radius 2 is 1.78 bits per heavy atom. The van der Waals surface area contributed by atoms with Crippen molar-refractivity contribution in [1.82, 2.24) is 9.97 Å². The van der Waals surface area contributed by atoms with Crippen LogP contribution in [0.4, 0.5) is 17.2 Å². The second-order valence-corrected chi connectivity index (χ2v) is 6.51. The third kappa shape index (κ3) is 3.88. The van der Waals surface area contributed by atoms with Gasteiger partial charge in [0, 0.05) is 9.92 Å². The van der Waals surface area contributed by atoms with Crippen molar-refractivity contribution in [1.29, 1.82) is 0 Å². The third-order valence-corrected chi connectivity index (χ3v) is 4.58. The predicted octanol–water partition coefficient (Wildman–Crippen LogP) is 5.26. The van der Waals surface area contributed by atoms with E-state index < -0.39 is 0 Å². The molecular formula is C16H12Cl2N4S. The number of hydrogen-bond donors (Lipinski definition) is 2. The van der Waals surface area contributed by atoms with E-state index >= 15 is 0 Å². The van der Waals surface area contributed by atoms with Crippen molar-refractivity contribution >= 4 is 52.2 Å². The van der Waals surface area contributed by atoms with Crippen LogP contribution in [0.25, 0.3) is 0 Å². The van der Waals surface area contributed by atoms with Crippen molar-refractivity contribution in [2.45, 2.75) is 9.92 Å². The Morgan fingerprint density at radius 3 is 2.57 bits per heavy atom. The van der Waals surface area contributed by atoms with Crippen molar-refractivity contribution < 1.29 is 0 Å². The highest BCUT2D eigenvalue weighted by atomic mass is 35.5. The molecule has 0 amide bonds. The molecule has 0 radical (unpaired) electrons. The van der Waals surface area contributed by atoms with Gasteiger partial charge >= 0.3 is 0 Å². The van der Waals surface area contributed by atoms with Gasteiger partial charge in [-0.15, -0.1) is 0 Å². The Bertz CT molecular complexity index is 828. The summed E-state index contributed by atoms with van der Waals surface area (Å²) in [5, 5.41) is 4.88. The maximum atomic E-state index is 6.18. The zero-order chi connectivity index (χ0) is 16.2. The first-order valence-electron chi connectivity index (χ1n) is 6.69. The van der Waals surface area contributed by atoms with Crippen LogP contribution >= 0.6 is 35.0 Å². The van der Waals surface area contributed by atoms with Gasteiger partial charge in [0.15, 0.2) is 5.82 Å². The van der Waals surface area contributed by atoms with Gasteiger partial charge in [0.2, 0.25) is 0 Å². The Balaban J connectivity index is 1.89. The summed E-state index contributed by atoms with van der Waals surface area (Å²) in [4.78, 5) is 9.47. The van der Waals surface area contributed by atoms with E-state index in [0.717, 1.165) is 4.90 Å². The molecule has 2 aromatic carbocycles. The van der Waals surface area contributed by atoms with Crippen molar-refractivity contribution in [3.05, 3.63) is 64.9 Å². The lowest BCUT2D eigenvalue weighted by Crippen LogP contribution is -2.02. The topological polar surface area (TPSA) is 63.8 Å². The van der Waals surface area contributed by atoms with Crippen LogP contribution in [-0.4, -0.2) is 9.97 Å². The molecule has 116 valence electrons. The van der Waals surface area contributed by atoms with E-state index in [4.69, 9.17) is 28.9 Å². The summed E-state index contributed by atoms with van der Waals surface area (Å²) in [6.45, 7) is 0. The minimum absolute atomic E-state index is 0.456. The predicted molar refractivity (Wildman–Crippen MR) is 96.8 cm³/mol. The average Bonchev–Trinajstić information content (AvgIpc) is 2.55. The normalized spacial score (nSPS) is 10.5. The summed E-state index contributed by atoms with van der Waals surface area (Å²) in [6.07, 6.45) is 1.46. The molecule has 0 saturated heterocycles. The third-order valence-electron chi connectivity index (χ3n) is 2.99. The zero-order valence-electron chi connectivity index (χ0n) is 11.8. The second kappa shape index (κ2) is 7.08. The minimum atomic E-state index is 0.456. The summed E-state index contributed by atoms with van der Waals surface area (Å²) >= 11 is 13.6. The van der Waals surface area contributed by atoms with Crippen molar-refractivity contribution in [2.75, 3.05) is 11.1 Å². The number of anilines is 3. The van der Waals surface area contributed by atoms with Crippen molar-refractivity contribution in [3.8, 4) is 0 Å². The molecule has 3 aromatic rings. The Morgan fingerprint density at radius 1 is 1.00 bits per heavy atom. The Kier molecular flexibility index (Phi) is 4.91. The molecule has 1 aromatic heterocycles. The van der Waals surface area contributed by atoms with Crippen LogP contribution in [0.1, 0.15) is 0 Å². The summed E-state index contributed by atoms with van der Waals surface area (Å²) in [5.74, 6) is 0.489. The van der Waals surface area contributed by atoms with Gasteiger partial charge in [-0.1, -0.05) is 53.2 Å². The quantitative estimate of drug-likeness (QED) is 0.619. The smallest absolute Gasteiger partial charge is 0.158 e. The van der Waals surface area contributed by atoms with Gasteiger partial charge in [-0.3, -0.25) is 0 Å². The van der Waals surface area contributed by atoms with Gasteiger partial charge in [-0.05, 0) is 30.3 Å². The number of nitrogens with zero attached hydrogens (tertiary/aromatic N) is 2. The number of hydrogen-bond acceptors (Lipinski definition) is 5. The van der Waals surface area contributed by atoms with Crippen LogP contribution in [0, 0.1) is 0 Å². The molecule has 0 unspecified atom stereocenters. The van der Waals surface area contributed by atoms with Crippen LogP contribution < -0.4 is 11.1 Å². The fourth-order valence-corrected chi connectivity index (χ4v) is 3.04. The fraction of sp³-hybridized carbons (Fsp3) is 0. The monoisotopic (exact) mass is 362 g/mol. The molecule has 1 heterocycles. The zero-order valence-corrected chi connectivity index (χ0v) is 14.2. The molecule has 0 saturated carbocycles. The van der Waals surface area contributed by atoms with Gasteiger partial charge in [0.25, 0.3) is 0 Å². The molecule has 0 bridgehead atoms. The van der Waals surface area contributed by atoms with E-state index in [1.54, 1.807) is 18.2 Å². The summed E-state index contributed by atoms with van der Waals surface area (Å²) in [7, 11) is 0. The van der Waals surface area contributed by atoms with Gasteiger partial charge in [0.05, 0.1) is 10.7 Å². The number of nitrogens with two attached hydrogens (primary N) is 1. The average molecular weight is 363 g/mol. The van der Waals surface area contributed by atoms with E-state index in [2.05, 4.69) is 15.3 Å². The number of rotatable bonds is 4. The summed E-state index contributed by atoms with van der Waals surface area (Å²) in [6, 6.07) is 15.0. The Hall–Kier alpha value is -1.95. The van der Waals surface area contributed by atoms with Crippen LogP contribution in [0.15, 0.2) is 64.8 Å². The first kappa shape index (κ1) is 15.9. The lowest BCUT2D eigenvalue weighted by Gasteiger charge is -2.12. The Labute approximate surface area is 148 Å². The van der Waals surface area contributed by atoms with Crippen molar-refractivity contribution in [2.24, 2.45) is 0 Å². The van der Waals surface area contributed by atoms with Crippen LogP contribution in [0.2, 0.25) is 10.0 Å². The lowest BCUT2D eigenvalue weighted by molar-refractivity contribution is 1.06. The van der Waals surface area contributed by atoms with Gasteiger partial charge in [-0.25, -0.2) is 9.97 Å². The molecule has 0 spiro atoms. The number of aromatic nitrogens is 2. The molecule has 0 aliphatic heterocycles. The van der Waals surface area contributed by atoms with E-state index in [0.29, 0.717) is 32.3 Å². The summed E-state index contributed by atoms with van der Waals surface area (Å²) in [5.41, 5.74) is 7.28. The maximum Gasteiger partial charge on any atom is 0.158 e. The van der Waals surface area contributed by atoms with Gasteiger partial charge in [0.1, 0.15) is 17.0 Å². The highest BCUT2D eigenvalue weighted by Gasteiger charge is 2.11. The number of halogens is 2. The first-order valence-corrected chi connectivity index (χ1v) is 8.26. The molecule has 7 heteroatoms. The van der Waals surface area contributed by atoms with Crippen LogP contribution in [-0.2, 0) is 0 Å². The minimum Gasteiger partial charge on any atom is -0.394 e. The first-order chi connectivity index (χ1) is 11.1. The molecule has 0 aliphatic rings. The molecule has 3 rings (SSSR count). The highest BCUT2D eigenvalue weighted by Crippen LogP contribution is 2.35. The molecule has 4 nitrogen and oxygen atoms in total. The number of nitrogens with one attached hydrogen (secondary N) is 1. The van der Waals surface area contributed by atoms with Crippen LogP contribution in [0.5, 0.6) is 0 Å². The molecule has 0 fully saturated rings. The SMILES string of the molecule is Nc1c(Nc2cc(Cl)ccc2Cl)ncnc1Sc1ccccc1. The van der Waals surface area contributed by atoms with E-state index in [1.807, 2.05) is 30.3 Å². The molecule has 23 heavy (non-hydrogen) atoms. The fourth-order valence-electron chi connectivity index (χ4n) is 1.88. The standard InChI is InChI=1S/C16H12Cl2N4S/c17-10-6-7-12(18)13(8-10)22-15-14(19)16(21-9-20-15)23-11-4-2-1-3-5-11/h1-9H,19H2,(H,20,21,22). The maximum absolute atomic E-state index is 6.18. The van der Waals surface area contributed by atoms with Gasteiger partial charge in [-0.2, -0.15) is 0 Å².